The highest BCUT2D eigenvalue weighted by Gasteiger charge is 2.53. The molecule has 1 heterocycles. The van der Waals surface area contributed by atoms with Crippen LogP contribution >= 0.6 is 0 Å². The number of allylic oxidation sites excluding steroid dienone is 2. The van der Waals surface area contributed by atoms with Gasteiger partial charge in [-0.25, -0.2) is 10.0 Å². The van der Waals surface area contributed by atoms with E-state index in [1.165, 1.54) is 0 Å². The average Bonchev–Trinajstić information content (AvgIpc) is 3.02. The van der Waals surface area contributed by atoms with Crippen LogP contribution in [0.1, 0.15) is 24.0 Å². The smallest absolute Gasteiger partial charge is 0.214 e. The zero-order valence-electron chi connectivity index (χ0n) is 16.7. The summed E-state index contributed by atoms with van der Waals surface area (Å²) in [4.78, 5) is 24.5. The number of nitrogens with zero attached hydrogens (tertiary/aromatic N) is 2. The summed E-state index contributed by atoms with van der Waals surface area (Å²) >= 11 is 0. The maximum atomic E-state index is 12.9. The fraction of sp³-hybridized carbons (Fsp3) is 0.280. The summed E-state index contributed by atoms with van der Waals surface area (Å²) in [7, 11) is 0. The molecule has 1 aliphatic heterocycles. The number of aldehydes is 1. The van der Waals surface area contributed by atoms with Gasteiger partial charge in [-0.15, -0.1) is 13.2 Å². The highest BCUT2D eigenvalue weighted by molar-refractivity contribution is 6.27. The summed E-state index contributed by atoms with van der Waals surface area (Å²) in [5, 5.41) is 4.29. The number of ketones is 1. The van der Waals surface area contributed by atoms with Crippen LogP contribution in [0.25, 0.3) is 0 Å². The second-order valence-corrected chi connectivity index (χ2v) is 7.66. The standard InChI is InChI=1S/C25H28N2O2/c1-3-15-25(16-4-2)20-26(17-21-11-7-5-8-12-21)27(24(25)23(29)19-28)18-22-13-9-6-10-14-22/h3-14,19,24H,1-2,15-18,20H2. The maximum absolute atomic E-state index is 12.9. The van der Waals surface area contributed by atoms with Crippen LogP contribution in [0, 0.1) is 5.41 Å². The van der Waals surface area contributed by atoms with Gasteiger partial charge in [-0.05, 0) is 24.0 Å². The second kappa shape index (κ2) is 9.59. The molecule has 4 heteroatoms. The summed E-state index contributed by atoms with van der Waals surface area (Å²) in [6, 6.07) is 19.7. The Bertz CT molecular complexity index is 838. The van der Waals surface area contributed by atoms with Gasteiger partial charge in [0, 0.05) is 25.0 Å². The SMILES string of the molecule is C=CCC1(CC=C)CN(Cc2ccccc2)N(Cc2ccccc2)C1C(=O)C=O. The molecule has 1 aliphatic rings. The zero-order chi connectivity index (χ0) is 20.7. The first-order valence-electron chi connectivity index (χ1n) is 9.93. The number of carbonyl (C=O) groups excluding carboxylic acids is 2. The van der Waals surface area contributed by atoms with E-state index in [-0.39, 0.29) is 5.78 Å². The number of hydrazine groups is 1. The van der Waals surface area contributed by atoms with Crippen LogP contribution in [0.4, 0.5) is 0 Å². The zero-order valence-corrected chi connectivity index (χ0v) is 16.7. The molecule has 0 bridgehead atoms. The van der Waals surface area contributed by atoms with E-state index in [0.29, 0.717) is 38.8 Å². The van der Waals surface area contributed by atoms with Crippen LogP contribution in [-0.2, 0) is 22.7 Å². The van der Waals surface area contributed by atoms with Gasteiger partial charge in [-0.2, -0.15) is 0 Å². The molecule has 0 spiro atoms. The molecular weight excluding hydrogens is 360 g/mol. The first-order chi connectivity index (χ1) is 14.1. The Hall–Kier alpha value is -2.82. The van der Waals surface area contributed by atoms with E-state index < -0.39 is 11.5 Å². The number of hydrogen-bond donors (Lipinski definition) is 0. The summed E-state index contributed by atoms with van der Waals surface area (Å²) in [5.41, 5.74) is 1.84. The Morgan fingerprint density at radius 3 is 1.93 bits per heavy atom. The van der Waals surface area contributed by atoms with Crippen LogP contribution in [0.3, 0.4) is 0 Å². The molecule has 0 aromatic heterocycles. The summed E-state index contributed by atoms with van der Waals surface area (Å²) < 4.78 is 0. The summed E-state index contributed by atoms with van der Waals surface area (Å²) in [6.45, 7) is 9.74. The lowest BCUT2D eigenvalue weighted by Gasteiger charge is -2.34. The van der Waals surface area contributed by atoms with Crippen LogP contribution in [-0.4, -0.2) is 34.7 Å². The fourth-order valence-electron chi connectivity index (χ4n) is 4.45. The van der Waals surface area contributed by atoms with Crippen LogP contribution < -0.4 is 0 Å². The molecule has 2 aromatic carbocycles. The van der Waals surface area contributed by atoms with E-state index in [9.17, 15) is 9.59 Å². The maximum Gasteiger partial charge on any atom is 0.214 e. The van der Waals surface area contributed by atoms with Crippen molar-refractivity contribution in [1.29, 1.82) is 0 Å². The first-order valence-corrected chi connectivity index (χ1v) is 9.93. The Balaban J connectivity index is 2.03. The quantitative estimate of drug-likeness (QED) is 0.348. The lowest BCUT2D eigenvalue weighted by molar-refractivity contribution is -0.138. The van der Waals surface area contributed by atoms with E-state index in [4.69, 9.17) is 0 Å². The fourth-order valence-corrected chi connectivity index (χ4v) is 4.45. The molecule has 1 saturated heterocycles. The van der Waals surface area contributed by atoms with Gasteiger partial charge in [0.2, 0.25) is 5.78 Å². The lowest BCUT2D eigenvalue weighted by atomic mass is 9.74. The third-order valence-corrected chi connectivity index (χ3v) is 5.62. The van der Waals surface area contributed by atoms with Crippen molar-refractivity contribution in [1.82, 2.24) is 10.0 Å². The van der Waals surface area contributed by atoms with Gasteiger partial charge in [0.15, 0.2) is 6.29 Å². The Morgan fingerprint density at radius 2 is 1.45 bits per heavy atom. The molecule has 150 valence electrons. The van der Waals surface area contributed by atoms with Crippen LogP contribution in [0.2, 0.25) is 0 Å². The third-order valence-electron chi connectivity index (χ3n) is 5.62. The highest BCUT2D eigenvalue weighted by atomic mass is 16.2. The minimum absolute atomic E-state index is 0.389. The number of rotatable bonds is 10. The summed E-state index contributed by atoms with van der Waals surface area (Å²) in [6.07, 6.45) is 5.44. The van der Waals surface area contributed by atoms with E-state index >= 15 is 0 Å². The molecule has 4 nitrogen and oxygen atoms in total. The summed E-state index contributed by atoms with van der Waals surface area (Å²) in [5.74, 6) is -0.389. The monoisotopic (exact) mass is 388 g/mol. The minimum Gasteiger partial charge on any atom is -0.295 e. The van der Waals surface area contributed by atoms with Crippen molar-refractivity contribution in [3.8, 4) is 0 Å². The van der Waals surface area contributed by atoms with Gasteiger partial charge in [0.05, 0.1) is 6.04 Å². The number of benzene rings is 2. The number of hydrogen-bond acceptors (Lipinski definition) is 4. The highest BCUT2D eigenvalue weighted by Crippen LogP contribution is 2.44. The molecule has 1 fully saturated rings. The van der Waals surface area contributed by atoms with Crippen molar-refractivity contribution in [2.45, 2.75) is 32.0 Å². The van der Waals surface area contributed by atoms with Gasteiger partial charge >= 0.3 is 0 Å². The number of carbonyl (C=O) groups is 2. The predicted octanol–water partition coefficient (Wildman–Crippen LogP) is 4.19. The number of Topliss-reactive ketones (excluding diaryl/α,β-unsaturated/α-hetero) is 1. The predicted molar refractivity (Wildman–Crippen MR) is 116 cm³/mol. The van der Waals surface area contributed by atoms with Crippen molar-refractivity contribution in [2.75, 3.05) is 6.54 Å². The van der Waals surface area contributed by atoms with Gasteiger partial charge in [0.25, 0.3) is 0 Å². The topological polar surface area (TPSA) is 40.6 Å². The Morgan fingerprint density at radius 1 is 0.931 bits per heavy atom. The van der Waals surface area contributed by atoms with Crippen molar-refractivity contribution < 1.29 is 9.59 Å². The van der Waals surface area contributed by atoms with Crippen molar-refractivity contribution >= 4 is 12.1 Å². The minimum atomic E-state index is -0.542. The lowest BCUT2D eigenvalue weighted by Crippen LogP contribution is -2.48. The molecule has 0 radical (unpaired) electrons. The van der Waals surface area contributed by atoms with Gasteiger partial charge in [-0.3, -0.25) is 9.59 Å². The molecule has 2 aromatic rings. The second-order valence-electron chi connectivity index (χ2n) is 7.66. The molecule has 1 atom stereocenters. The van der Waals surface area contributed by atoms with E-state index in [2.05, 4.69) is 35.3 Å². The van der Waals surface area contributed by atoms with E-state index in [1.807, 2.05) is 60.7 Å². The molecule has 0 amide bonds. The molecule has 1 unspecified atom stereocenters. The normalized spacial score (nSPS) is 19.0. The van der Waals surface area contributed by atoms with Gasteiger partial charge in [0.1, 0.15) is 0 Å². The van der Waals surface area contributed by atoms with Crippen molar-refractivity contribution in [3.05, 3.63) is 97.1 Å². The Kier molecular flexibility index (Phi) is 6.91. The average molecular weight is 389 g/mol. The molecule has 3 rings (SSSR count). The van der Waals surface area contributed by atoms with Crippen LogP contribution in [0.15, 0.2) is 86.0 Å². The molecule has 29 heavy (non-hydrogen) atoms. The van der Waals surface area contributed by atoms with Crippen molar-refractivity contribution in [3.63, 3.8) is 0 Å². The van der Waals surface area contributed by atoms with Crippen LogP contribution in [0.5, 0.6) is 0 Å². The third kappa shape index (κ3) is 4.61. The molecular formula is C25H28N2O2. The first kappa shape index (κ1) is 20.9. The van der Waals surface area contributed by atoms with Gasteiger partial charge in [-0.1, -0.05) is 72.8 Å². The van der Waals surface area contributed by atoms with Gasteiger partial charge < -0.3 is 0 Å². The van der Waals surface area contributed by atoms with Crippen molar-refractivity contribution in [2.24, 2.45) is 5.41 Å². The Labute approximate surface area is 173 Å². The molecule has 0 saturated carbocycles. The largest absolute Gasteiger partial charge is 0.295 e. The molecule has 0 aliphatic carbocycles. The van der Waals surface area contributed by atoms with E-state index in [0.717, 1.165) is 11.1 Å². The molecule has 0 N–H and O–H groups in total. The van der Waals surface area contributed by atoms with E-state index in [1.54, 1.807) is 0 Å².